The second-order valence-electron chi connectivity index (χ2n) is 4.91. The second-order valence-corrected chi connectivity index (χ2v) is 4.91. The maximum Gasteiger partial charge on any atom is 0.217 e. The first-order valence-corrected chi connectivity index (χ1v) is 5.14. The van der Waals surface area contributed by atoms with Crippen LogP contribution in [0, 0.1) is 5.41 Å². The van der Waals surface area contributed by atoms with Crippen LogP contribution in [0.15, 0.2) is 0 Å². The Labute approximate surface area is 88.4 Å². The normalized spacial score (nSPS) is 48.3. The lowest BCUT2D eigenvalue weighted by Crippen LogP contribution is -2.68. The van der Waals surface area contributed by atoms with Gasteiger partial charge in [-0.15, -0.1) is 0 Å². The van der Waals surface area contributed by atoms with E-state index in [0.717, 1.165) is 0 Å². The topological polar surface area (TPSA) is 78.8 Å². The molecular formula is C10H17NO4. The average Bonchev–Trinajstić information content (AvgIpc) is 2.25. The Bertz CT molecular complexity index is 295. The molecule has 1 heterocycles. The molecular weight excluding hydrogens is 198 g/mol. The van der Waals surface area contributed by atoms with E-state index in [1.54, 1.807) is 6.92 Å². The van der Waals surface area contributed by atoms with E-state index in [-0.39, 0.29) is 18.6 Å². The number of carbonyl (C=O) groups excluding carboxylic acids is 1. The molecule has 1 amide bonds. The first-order valence-electron chi connectivity index (χ1n) is 5.14. The molecule has 3 N–H and O–H groups in total. The molecule has 1 aliphatic carbocycles. The van der Waals surface area contributed by atoms with Crippen molar-refractivity contribution >= 4 is 5.91 Å². The number of hydrogen-bond donors (Lipinski definition) is 3. The smallest absolute Gasteiger partial charge is 0.217 e. The Kier molecular flexibility index (Phi) is 2.29. The van der Waals surface area contributed by atoms with Crippen molar-refractivity contribution in [2.75, 3.05) is 13.2 Å². The van der Waals surface area contributed by atoms with Crippen molar-refractivity contribution in [3.63, 3.8) is 0 Å². The zero-order valence-electron chi connectivity index (χ0n) is 8.99. The third-order valence-electron chi connectivity index (χ3n) is 3.69. The summed E-state index contributed by atoms with van der Waals surface area (Å²) in [5.41, 5.74) is -1.14. The van der Waals surface area contributed by atoms with Gasteiger partial charge in [0, 0.05) is 18.8 Å². The van der Waals surface area contributed by atoms with Crippen LogP contribution in [-0.4, -0.2) is 47.1 Å². The number of carbonyl (C=O) groups is 1. The number of aliphatic hydroxyl groups excluding tert-OH is 2. The lowest BCUT2D eigenvalue weighted by Gasteiger charge is -2.49. The van der Waals surface area contributed by atoms with Gasteiger partial charge in [-0.2, -0.15) is 0 Å². The number of ether oxygens (including phenoxy) is 1. The molecule has 2 rings (SSSR count). The highest BCUT2D eigenvalue weighted by Crippen LogP contribution is 2.51. The Balaban J connectivity index is 2.22. The minimum absolute atomic E-state index is 0.127. The van der Waals surface area contributed by atoms with E-state index in [4.69, 9.17) is 4.74 Å². The van der Waals surface area contributed by atoms with Crippen LogP contribution in [0.1, 0.15) is 20.3 Å². The average molecular weight is 215 g/mol. The number of rotatable bonds is 2. The van der Waals surface area contributed by atoms with Gasteiger partial charge in [-0.25, -0.2) is 0 Å². The van der Waals surface area contributed by atoms with Crippen molar-refractivity contribution in [1.82, 2.24) is 5.32 Å². The molecule has 1 saturated carbocycles. The molecule has 4 atom stereocenters. The number of aliphatic hydroxyl groups is 2. The Morgan fingerprint density at radius 1 is 1.67 bits per heavy atom. The predicted molar refractivity (Wildman–Crippen MR) is 52.1 cm³/mol. The van der Waals surface area contributed by atoms with Crippen LogP contribution in [0.5, 0.6) is 0 Å². The van der Waals surface area contributed by atoms with Crippen LogP contribution in [0.25, 0.3) is 0 Å². The Morgan fingerprint density at radius 2 is 2.33 bits per heavy atom. The fourth-order valence-corrected chi connectivity index (χ4v) is 2.80. The third kappa shape index (κ3) is 1.30. The van der Waals surface area contributed by atoms with Gasteiger partial charge in [-0.05, 0) is 0 Å². The Morgan fingerprint density at radius 3 is 2.73 bits per heavy atom. The largest absolute Gasteiger partial charge is 0.396 e. The molecule has 0 spiro atoms. The van der Waals surface area contributed by atoms with Crippen molar-refractivity contribution in [3.05, 3.63) is 0 Å². The molecule has 0 bridgehead atoms. The van der Waals surface area contributed by atoms with Gasteiger partial charge < -0.3 is 20.3 Å². The van der Waals surface area contributed by atoms with E-state index in [1.807, 2.05) is 0 Å². The van der Waals surface area contributed by atoms with Gasteiger partial charge >= 0.3 is 0 Å². The standard InChI is InChI=1S/C10H17NO4/c1-6(13)11-10-3-7(14)9(2,4-12)8(10)15-5-10/h7-8,12,14H,3-5H2,1-2H3,(H,11,13)/t7-,8?,9?,10-/m0/s1. The van der Waals surface area contributed by atoms with Crippen molar-refractivity contribution in [1.29, 1.82) is 0 Å². The maximum absolute atomic E-state index is 11.1. The van der Waals surface area contributed by atoms with Gasteiger partial charge in [0.1, 0.15) is 0 Å². The van der Waals surface area contributed by atoms with E-state index in [9.17, 15) is 15.0 Å². The van der Waals surface area contributed by atoms with E-state index in [2.05, 4.69) is 5.32 Å². The van der Waals surface area contributed by atoms with Gasteiger partial charge in [-0.3, -0.25) is 4.79 Å². The minimum atomic E-state index is -0.666. The molecule has 5 nitrogen and oxygen atoms in total. The van der Waals surface area contributed by atoms with Crippen LogP contribution < -0.4 is 5.32 Å². The number of nitrogens with one attached hydrogen (secondary N) is 1. The fraction of sp³-hybridized carbons (Fsp3) is 0.900. The summed E-state index contributed by atoms with van der Waals surface area (Å²) in [5.74, 6) is -0.127. The molecule has 0 aromatic carbocycles. The molecule has 2 fully saturated rings. The lowest BCUT2D eigenvalue weighted by molar-refractivity contribution is -0.186. The Hall–Kier alpha value is -0.650. The first-order chi connectivity index (χ1) is 6.94. The minimum Gasteiger partial charge on any atom is -0.396 e. The molecule has 1 aliphatic heterocycles. The fourth-order valence-electron chi connectivity index (χ4n) is 2.80. The number of hydrogen-bond acceptors (Lipinski definition) is 4. The summed E-state index contributed by atoms with van der Waals surface area (Å²) in [6.45, 7) is 3.51. The monoisotopic (exact) mass is 215 g/mol. The van der Waals surface area contributed by atoms with Gasteiger partial charge in [-0.1, -0.05) is 6.92 Å². The van der Waals surface area contributed by atoms with Crippen molar-refractivity contribution in [2.24, 2.45) is 5.41 Å². The summed E-state index contributed by atoms with van der Waals surface area (Å²) >= 11 is 0. The zero-order valence-corrected chi connectivity index (χ0v) is 8.99. The van der Waals surface area contributed by atoms with Crippen molar-refractivity contribution < 1.29 is 19.7 Å². The molecule has 2 unspecified atom stereocenters. The second kappa shape index (κ2) is 3.17. The highest BCUT2D eigenvalue weighted by atomic mass is 16.5. The van der Waals surface area contributed by atoms with Crippen molar-refractivity contribution in [2.45, 2.75) is 38.0 Å². The molecule has 0 aromatic rings. The molecule has 2 aliphatic rings. The number of fused-ring (bicyclic) bond motifs is 1. The van der Waals surface area contributed by atoms with Gasteiger partial charge in [0.15, 0.2) is 0 Å². The van der Waals surface area contributed by atoms with Crippen molar-refractivity contribution in [3.8, 4) is 0 Å². The highest BCUT2D eigenvalue weighted by Gasteiger charge is 2.66. The SMILES string of the molecule is CC(=O)N[C@@]12COC1C(C)(CO)[C@@H](O)C2. The van der Waals surface area contributed by atoms with Gasteiger partial charge in [0.05, 0.1) is 31.0 Å². The number of amides is 1. The first kappa shape index (κ1) is 10.9. The molecule has 1 saturated heterocycles. The van der Waals surface area contributed by atoms with Gasteiger partial charge in [0.25, 0.3) is 0 Å². The summed E-state index contributed by atoms with van der Waals surface area (Å²) in [6, 6.07) is 0. The summed E-state index contributed by atoms with van der Waals surface area (Å²) < 4.78 is 5.40. The van der Waals surface area contributed by atoms with E-state index >= 15 is 0 Å². The maximum atomic E-state index is 11.1. The van der Waals surface area contributed by atoms with Gasteiger partial charge in [0.2, 0.25) is 5.91 Å². The highest BCUT2D eigenvalue weighted by molar-refractivity contribution is 5.74. The summed E-state index contributed by atoms with van der Waals surface area (Å²) in [7, 11) is 0. The van der Waals surface area contributed by atoms with Crippen LogP contribution in [-0.2, 0) is 9.53 Å². The van der Waals surface area contributed by atoms with E-state index < -0.39 is 17.1 Å². The van der Waals surface area contributed by atoms with E-state index in [1.165, 1.54) is 6.92 Å². The quantitative estimate of drug-likeness (QED) is 0.553. The van der Waals surface area contributed by atoms with Crippen LogP contribution in [0.4, 0.5) is 0 Å². The predicted octanol–water partition coefficient (Wildman–Crippen LogP) is -0.977. The molecule has 0 aromatic heterocycles. The third-order valence-corrected chi connectivity index (χ3v) is 3.69. The molecule has 86 valence electrons. The van der Waals surface area contributed by atoms with Crippen LogP contribution in [0.3, 0.4) is 0 Å². The summed E-state index contributed by atoms with van der Waals surface area (Å²) in [5, 5.41) is 22.1. The zero-order chi connectivity index (χ0) is 11.3. The van der Waals surface area contributed by atoms with E-state index in [0.29, 0.717) is 13.0 Å². The van der Waals surface area contributed by atoms with Crippen LogP contribution >= 0.6 is 0 Å². The molecule has 0 radical (unpaired) electrons. The summed E-state index contributed by atoms with van der Waals surface area (Å²) in [6.07, 6.45) is -0.468. The lowest BCUT2D eigenvalue weighted by atomic mass is 9.79. The summed E-state index contributed by atoms with van der Waals surface area (Å²) in [4.78, 5) is 11.1. The molecule has 5 heteroatoms. The molecule has 15 heavy (non-hydrogen) atoms. The van der Waals surface area contributed by atoms with Crippen LogP contribution in [0.2, 0.25) is 0 Å².